The van der Waals surface area contributed by atoms with Crippen LogP contribution in [0.25, 0.3) is 0 Å². The summed E-state index contributed by atoms with van der Waals surface area (Å²) >= 11 is 1.48. The van der Waals surface area contributed by atoms with Gasteiger partial charge in [0.2, 0.25) is 0 Å². The standard InChI is InChI=1S/C17H19N3O3S2/c21-17(14-3-7-24-10-14)20-6-5-19(9-13-2-1-4-18-8-13)15-11-25(22,23)12-16(15)20/h1-4,7-8,10,15-16H,5-6,9,11-12H2/t15-,16+/m1/s1. The highest BCUT2D eigenvalue weighted by molar-refractivity contribution is 7.91. The Morgan fingerprint density at radius 2 is 2.08 bits per heavy atom. The van der Waals surface area contributed by atoms with E-state index in [-0.39, 0.29) is 29.5 Å². The summed E-state index contributed by atoms with van der Waals surface area (Å²) < 4.78 is 24.5. The van der Waals surface area contributed by atoms with Crippen molar-refractivity contribution in [2.45, 2.75) is 18.6 Å². The summed E-state index contributed by atoms with van der Waals surface area (Å²) in [6.45, 7) is 1.87. The van der Waals surface area contributed by atoms with Gasteiger partial charge in [0.25, 0.3) is 5.91 Å². The molecule has 2 aliphatic rings. The van der Waals surface area contributed by atoms with Crippen LogP contribution in [0, 0.1) is 0 Å². The number of piperazine rings is 1. The minimum absolute atomic E-state index is 0.0527. The van der Waals surface area contributed by atoms with Gasteiger partial charge in [-0.15, -0.1) is 0 Å². The number of carbonyl (C=O) groups is 1. The van der Waals surface area contributed by atoms with Crippen LogP contribution >= 0.6 is 11.3 Å². The van der Waals surface area contributed by atoms with Gasteiger partial charge in [0.15, 0.2) is 9.84 Å². The molecule has 132 valence electrons. The molecule has 0 aliphatic carbocycles. The van der Waals surface area contributed by atoms with Crippen molar-refractivity contribution < 1.29 is 13.2 Å². The average molecular weight is 377 g/mol. The zero-order chi connectivity index (χ0) is 17.4. The predicted molar refractivity (Wildman–Crippen MR) is 96.2 cm³/mol. The van der Waals surface area contributed by atoms with Gasteiger partial charge in [-0.1, -0.05) is 6.07 Å². The van der Waals surface area contributed by atoms with Crippen LogP contribution in [0.3, 0.4) is 0 Å². The third-order valence-electron chi connectivity index (χ3n) is 4.93. The number of hydrogen-bond donors (Lipinski definition) is 0. The molecule has 0 unspecified atom stereocenters. The maximum Gasteiger partial charge on any atom is 0.255 e. The van der Waals surface area contributed by atoms with E-state index in [0.29, 0.717) is 25.2 Å². The molecule has 1 amide bonds. The van der Waals surface area contributed by atoms with Gasteiger partial charge in [0, 0.05) is 43.4 Å². The van der Waals surface area contributed by atoms with Crippen LogP contribution in [0.15, 0.2) is 41.4 Å². The molecule has 2 aromatic heterocycles. The predicted octanol–water partition coefficient (Wildman–Crippen LogP) is 1.27. The molecule has 0 bridgehead atoms. The average Bonchev–Trinajstić information content (AvgIpc) is 3.22. The molecule has 0 aromatic carbocycles. The second kappa shape index (κ2) is 6.51. The molecule has 4 rings (SSSR count). The van der Waals surface area contributed by atoms with E-state index in [0.717, 1.165) is 5.56 Å². The second-order valence-corrected chi connectivity index (χ2v) is 9.49. The molecule has 0 spiro atoms. The smallest absolute Gasteiger partial charge is 0.255 e. The van der Waals surface area contributed by atoms with Crippen molar-refractivity contribution in [1.82, 2.24) is 14.8 Å². The van der Waals surface area contributed by atoms with Crippen LogP contribution in [0.2, 0.25) is 0 Å². The molecule has 2 fully saturated rings. The number of thiophene rings is 1. The second-order valence-electron chi connectivity index (χ2n) is 6.55. The van der Waals surface area contributed by atoms with Crippen LogP contribution in [-0.2, 0) is 16.4 Å². The number of pyridine rings is 1. The van der Waals surface area contributed by atoms with E-state index in [4.69, 9.17) is 0 Å². The third-order valence-corrected chi connectivity index (χ3v) is 7.31. The van der Waals surface area contributed by atoms with E-state index < -0.39 is 9.84 Å². The highest BCUT2D eigenvalue weighted by Gasteiger charge is 2.48. The van der Waals surface area contributed by atoms with Crippen molar-refractivity contribution in [2.24, 2.45) is 0 Å². The van der Waals surface area contributed by atoms with Crippen LogP contribution in [-0.4, -0.2) is 65.8 Å². The molecule has 4 heterocycles. The summed E-state index contributed by atoms with van der Waals surface area (Å²) in [5.74, 6) is 0.108. The zero-order valence-electron chi connectivity index (χ0n) is 13.6. The number of hydrogen-bond acceptors (Lipinski definition) is 6. The van der Waals surface area contributed by atoms with Gasteiger partial charge in [-0.05, 0) is 23.1 Å². The van der Waals surface area contributed by atoms with E-state index in [2.05, 4.69) is 9.88 Å². The Labute approximate surface area is 151 Å². The highest BCUT2D eigenvalue weighted by atomic mass is 32.2. The number of rotatable bonds is 3. The van der Waals surface area contributed by atoms with Gasteiger partial charge >= 0.3 is 0 Å². The summed E-state index contributed by atoms with van der Waals surface area (Å²) in [7, 11) is -3.14. The molecular formula is C17H19N3O3S2. The Morgan fingerprint density at radius 3 is 2.80 bits per heavy atom. The summed E-state index contributed by atoms with van der Waals surface area (Å²) in [5.41, 5.74) is 1.71. The highest BCUT2D eigenvalue weighted by Crippen LogP contribution is 2.29. The SMILES string of the molecule is O=C(c1ccsc1)N1CCN(Cc2cccnc2)[C@@H]2CS(=O)(=O)C[C@@H]21. The van der Waals surface area contributed by atoms with Gasteiger partial charge < -0.3 is 4.90 Å². The van der Waals surface area contributed by atoms with Gasteiger partial charge in [0.1, 0.15) is 0 Å². The lowest BCUT2D eigenvalue weighted by Crippen LogP contribution is -2.60. The quantitative estimate of drug-likeness (QED) is 0.806. The van der Waals surface area contributed by atoms with Crippen molar-refractivity contribution in [3.63, 3.8) is 0 Å². The number of amides is 1. The summed E-state index contributed by atoms with van der Waals surface area (Å²) in [4.78, 5) is 20.9. The maximum absolute atomic E-state index is 12.8. The molecule has 6 nitrogen and oxygen atoms in total. The topological polar surface area (TPSA) is 70.6 Å². The monoisotopic (exact) mass is 377 g/mol. The van der Waals surface area contributed by atoms with Gasteiger partial charge in [-0.2, -0.15) is 11.3 Å². The van der Waals surface area contributed by atoms with Crippen LogP contribution in [0.1, 0.15) is 15.9 Å². The minimum Gasteiger partial charge on any atom is -0.332 e. The molecule has 25 heavy (non-hydrogen) atoms. The number of fused-ring (bicyclic) bond motifs is 1. The number of nitrogens with zero attached hydrogens (tertiary/aromatic N) is 3. The lowest BCUT2D eigenvalue weighted by molar-refractivity contribution is 0.0306. The van der Waals surface area contributed by atoms with E-state index >= 15 is 0 Å². The number of carbonyl (C=O) groups excluding carboxylic acids is 1. The number of aromatic nitrogens is 1. The molecule has 2 saturated heterocycles. The summed E-state index contributed by atoms with van der Waals surface area (Å²) in [6.07, 6.45) is 3.53. The van der Waals surface area contributed by atoms with Crippen LogP contribution in [0.5, 0.6) is 0 Å². The van der Waals surface area contributed by atoms with Crippen molar-refractivity contribution in [2.75, 3.05) is 24.6 Å². The van der Waals surface area contributed by atoms with Gasteiger partial charge in [-0.3, -0.25) is 14.7 Å². The van der Waals surface area contributed by atoms with E-state index in [9.17, 15) is 13.2 Å². The Hall–Kier alpha value is -1.77. The van der Waals surface area contributed by atoms with Crippen molar-refractivity contribution >= 4 is 27.1 Å². The summed E-state index contributed by atoms with van der Waals surface area (Å²) in [5, 5.41) is 3.69. The fraction of sp³-hybridized carbons (Fsp3) is 0.412. The molecule has 8 heteroatoms. The minimum atomic E-state index is -3.14. The van der Waals surface area contributed by atoms with Crippen LogP contribution < -0.4 is 0 Å². The lowest BCUT2D eigenvalue weighted by atomic mass is 10.0. The molecule has 0 saturated carbocycles. The first-order valence-corrected chi connectivity index (χ1v) is 11.0. The molecular weight excluding hydrogens is 358 g/mol. The molecule has 0 radical (unpaired) electrons. The summed E-state index contributed by atoms with van der Waals surface area (Å²) in [6, 6.07) is 5.25. The zero-order valence-corrected chi connectivity index (χ0v) is 15.2. The Bertz CT molecular complexity index is 853. The first kappa shape index (κ1) is 16.7. The molecule has 2 aromatic rings. The van der Waals surface area contributed by atoms with E-state index in [1.54, 1.807) is 23.4 Å². The Balaban J connectivity index is 1.59. The van der Waals surface area contributed by atoms with Gasteiger partial charge in [0.05, 0.1) is 23.1 Å². The van der Waals surface area contributed by atoms with E-state index in [1.807, 2.05) is 22.9 Å². The number of sulfone groups is 1. The van der Waals surface area contributed by atoms with Gasteiger partial charge in [-0.25, -0.2) is 8.42 Å². The van der Waals surface area contributed by atoms with E-state index in [1.165, 1.54) is 11.3 Å². The molecule has 0 N–H and O–H groups in total. The fourth-order valence-corrected chi connectivity index (χ4v) is 6.39. The lowest BCUT2D eigenvalue weighted by Gasteiger charge is -2.43. The fourth-order valence-electron chi connectivity index (χ4n) is 3.75. The van der Waals surface area contributed by atoms with Crippen molar-refractivity contribution in [3.8, 4) is 0 Å². The first-order valence-electron chi connectivity index (χ1n) is 8.20. The Kier molecular flexibility index (Phi) is 4.35. The molecule has 2 atom stereocenters. The largest absolute Gasteiger partial charge is 0.332 e. The normalized spacial score (nSPS) is 25.7. The maximum atomic E-state index is 12.8. The van der Waals surface area contributed by atoms with Crippen LogP contribution in [0.4, 0.5) is 0 Å². The van der Waals surface area contributed by atoms with Crippen molar-refractivity contribution in [1.29, 1.82) is 0 Å². The molecule has 2 aliphatic heterocycles. The Morgan fingerprint density at radius 1 is 1.24 bits per heavy atom. The van der Waals surface area contributed by atoms with Crippen molar-refractivity contribution in [3.05, 3.63) is 52.5 Å². The third kappa shape index (κ3) is 3.33. The first-order chi connectivity index (χ1) is 12.0.